The fourth-order valence-electron chi connectivity index (χ4n) is 2.28. The van der Waals surface area contributed by atoms with Crippen molar-refractivity contribution in [2.45, 2.75) is 6.04 Å². The highest BCUT2D eigenvalue weighted by Crippen LogP contribution is 2.35. The van der Waals surface area contributed by atoms with Crippen molar-refractivity contribution < 1.29 is 13.9 Å². The van der Waals surface area contributed by atoms with Gasteiger partial charge in [0.15, 0.2) is 11.5 Å². The quantitative estimate of drug-likeness (QED) is 0.775. The Hall–Kier alpha value is -1.34. The van der Waals surface area contributed by atoms with E-state index in [1.807, 2.05) is 31.3 Å². The summed E-state index contributed by atoms with van der Waals surface area (Å²) in [6.45, 7) is 0. The molecule has 2 aromatic rings. The number of methoxy groups -OCH3 is 2. The molecule has 1 unspecified atom stereocenters. The van der Waals surface area contributed by atoms with Crippen LogP contribution in [0.4, 0.5) is 4.39 Å². The molecular weight excluding hydrogens is 384 g/mol. The van der Waals surface area contributed by atoms with Gasteiger partial charge in [-0.1, -0.05) is 18.2 Å². The van der Waals surface area contributed by atoms with Gasteiger partial charge in [-0.05, 0) is 47.3 Å². The Kier molecular flexibility index (Phi) is 5.41. The predicted octanol–water partition coefficient (Wildman–Crippen LogP) is 3.76. The molecule has 0 aliphatic heterocycles. The molecule has 1 atom stereocenters. The van der Waals surface area contributed by atoms with Gasteiger partial charge in [0, 0.05) is 15.2 Å². The minimum atomic E-state index is -0.327. The lowest BCUT2D eigenvalue weighted by Crippen LogP contribution is -2.20. The maximum atomic E-state index is 14.4. The minimum Gasteiger partial charge on any atom is -0.493 e. The van der Waals surface area contributed by atoms with Crippen molar-refractivity contribution in [1.29, 1.82) is 0 Å². The van der Waals surface area contributed by atoms with Crippen molar-refractivity contribution >= 4 is 22.6 Å². The van der Waals surface area contributed by atoms with Gasteiger partial charge in [-0.25, -0.2) is 4.39 Å². The SMILES string of the molecule is CNC(c1cc(OC)c(OC)cc1F)c1ccccc1I. The molecule has 0 radical (unpaired) electrons. The van der Waals surface area contributed by atoms with Crippen LogP contribution in [0.5, 0.6) is 11.5 Å². The van der Waals surface area contributed by atoms with Crippen LogP contribution < -0.4 is 14.8 Å². The highest BCUT2D eigenvalue weighted by molar-refractivity contribution is 14.1. The van der Waals surface area contributed by atoms with Gasteiger partial charge < -0.3 is 14.8 Å². The van der Waals surface area contributed by atoms with Gasteiger partial charge in [-0.3, -0.25) is 0 Å². The lowest BCUT2D eigenvalue weighted by Gasteiger charge is -2.21. The van der Waals surface area contributed by atoms with Gasteiger partial charge in [-0.15, -0.1) is 0 Å². The summed E-state index contributed by atoms with van der Waals surface area (Å²) < 4.78 is 25.9. The van der Waals surface area contributed by atoms with Crippen molar-refractivity contribution in [2.24, 2.45) is 0 Å². The normalized spacial score (nSPS) is 12.0. The zero-order valence-electron chi connectivity index (χ0n) is 12.1. The largest absolute Gasteiger partial charge is 0.493 e. The molecule has 0 aliphatic carbocycles. The van der Waals surface area contributed by atoms with E-state index >= 15 is 0 Å². The molecule has 0 fully saturated rings. The Morgan fingerprint density at radius 1 is 1.05 bits per heavy atom. The van der Waals surface area contributed by atoms with Crippen LogP contribution in [0.25, 0.3) is 0 Å². The standard InChI is InChI=1S/C16H17FINO2/c1-19-16(10-6-4-5-7-13(10)18)11-8-14(20-2)15(21-3)9-12(11)17/h4-9,16,19H,1-3H3. The van der Waals surface area contributed by atoms with Crippen LogP contribution in [0.1, 0.15) is 17.2 Å². The van der Waals surface area contributed by atoms with E-state index in [2.05, 4.69) is 27.9 Å². The van der Waals surface area contributed by atoms with Crippen LogP contribution >= 0.6 is 22.6 Å². The van der Waals surface area contributed by atoms with Crippen molar-refractivity contribution in [3.63, 3.8) is 0 Å². The van der Waals surface area contributed by atoms with Crippen molar-refractivity contribution in [1.82, 2.24) is 5.32 Å². The van der Waals surface area contributed by atoms with Gasteiger partial charge in [0.05, 0.1) is 20.3 Å². The van der Waals surface area contributed by atoms with Crippen LogP contribution in [0.2, 0.25) is 0 Å². The molecule has 112 valence electrons. The highest BCUT2D eigenvalue weighted by atomic mass is 127. The summed E-state index contributed by atoms with van der Waals surface area (Å²) in [5, 5.41) is 3.16. The molecular formula is C16H17FINO2. The van der Waals surface area contributed by atoms with Crippen LogP contribution in [-0.4, -0.2) is 21.3 Å². The van der Waals surface area contributed by atoms with Crippen LogP contribution in [-0.2, 0) is 0 Å². The van der Waals surface area contributed by atoms with E-state index < -0.39 is 0 Å². The fourth-order valence-corrected chi connectivity index (χ4v) is 2.98. The average molecular weight is 401 g/mol. The zero-order chi connectivity index (χ0) is 15.4. The van der Waals surface area contributed by atoms with E-state index in [-0.39, 0.29) is 11.9 Å². The molecule has 0 amide bonds. The number of halogens is 2. The van der Waals surface area contributed by atoms with Crippen molar-refractivity contribution in [2.75, 3.05) is 21.3 Å². The summed E-state index contributed by atoms with van der Waals surface area (Å²) in [5.41, 5.74) is 1.55. The molecule has 0 spiro atoms. The van der Waals surface area contributed by atoms with E-state index in [4.69, 9.17) is 9.47 Å². The van der Waals surface area contributed by atoms with Gasteiger partial charge in [-0.2, -0.15) is 0 Å². The van der Waals surface area contributed by atoms with E-state index in [0.717, 1.165) is 9.13 Å². The second-order valence-corrected chi connectivity index (χ2v) is 5.63. The third-order valence-corrected chi connectivity index (χ3v) is 4.30. The van der Waals surface area contributed by atoms with E-state index in [1.165, 1.54) is 13.2 Å². The van der Waals surface area contributed by atoms with Crippen molar-refractivity contribution in [3.8, 4) is 11.5 Å². The molecule has 0 aliphatic rings. The van der Waals surface area contributed by atoms with Crippen LogP contribution in [0.15, 0.2) is 36.4 Å². The number of ether oxygens (including phenoxy) is 2. The topological polar surface area (TPSA) is 30.5 Å². The summed E-state index contributed by atoms with van der Waals surface area (Å²) in [5.74, 6) is 0.572. The molecule has 21 heavy (non-hydrogen) atoms. The summed E-state index contributed by atoms with van der Waals surface area (Å²) in [6.07, 6.45) is 0. The maximum absolute atomic E-state index is 14.4. The van der Waals surface area contributed by atoms with Gasteiger partial charge in [0.1, 0.15) is 5.82 Å². The molecule has 2 rings (SSSR count). The average Bonchev–Trinajstić information content (AvgIpc) is 2.50. The first kappa shape index (κ1) is 16.0. The first-order valence-electron chi connectivity index (χ1n) is 6.45. The minimum absolute atomic E-state index is 0.252. The van der Waals surface area contributed by atoms with E-state index in [9.17, 15) is 4.39 Å². The van der Waals surface area contributed by atoms with Crippen molar-refractivity contribution in [3.05, 3.63) is 56.9 Å². The first-order chi connectivity index (χ1) is 10.1. The summed E-state index contributed by atoms with van der Waals surface area (Å²) in [6, 6.07) is 10.7. The summed E-state index contributed by atoms with van der Waals surface area (Å²) >= 11 is 2.25. The fraction of sp³-hybridized carbons (Fsp3) is 0.250. The molecule has 5 heteroatoms. The summed E-state index contributed by atoms with van der Waals surface area (Å²) in [4.78, 5) is 0. The molecule has 0 saturated carbocycles. The molecule has 3 nitrogen and oxygen atoms in total. The number of hydrogen-bond acceptors (Lipinski definition) is 3. The van der Waals surface area contributed by atoms with Crippen LogP contribution in [0, 0.1) is 9.39 Å². The Bertz CT molecular complexity index is 634. The van der Waals surface area contributed by atoms with Gasteiger partial charge in [0.25, 0.3) is 0 Å². The highest BCUT2D eigenvalue weighted by Gasteiger charge is 2.21. The number of hydrogen-bond donors (Lipinski definition) is 1. The third-order valence-electron chi connectivity index (χ3n) is 3.32. The number of rotatable bonds is 5. The molecule has 0 saturated heterocycles. The summed E-state index contributed by atoms with van der Waals surface area (Å²) in [7, 11) is 4.84. The maximum Gasteiger partial charge on any atom is 0.163 e. The van der Waals surface area contributed by atoms with Crippen LogP contribution in [0.3, 0.4) is 0 Å². The Morgan fingerprint density at radius 3 is 2.24 bits per heavy atom. The second-order valence-electron chi connectivity index (χ2n) is 4.47. The predicted molar refractivity (Wildman–Crippen MR) is 89.6 cm³/mol. The number of benzene rings is 2. The van der Waals surface area contributed by atoms with E-state index in [1.54, 1.807) is 13.2 Å². The molecule has 0 bridgehead atoms. The second kappa shape index (κ2) is 7.09. The number of nitrogens with one attached hydrogen (secondary N) is 1. The van der Waals surface area contributed by atoms with E-state index in [0.29, 0.717) is 17.1 Å². The molecule has 2 aromatic carbocycles. The molecule has 0 heterocycles. The lowest BCUT2D eigenvalue weighted by atomic mass is 9.98. The Balaban J connectivity index is 2.55. The smallest absolute Gasteiger partial charge is 0.163 e. The third kappa shape index (κ3) is 3.29. The van der Waals surface area contributed by atoms with Gasteiger partial charge >= 0.3 is 0 Å². The lowest BCUT2D eigenvalue weighted by molar-refractivity contribution is 0.351. The first-order valence-corrected chi connectivity index (χ1v) is 7.53. The Labute approximate surface area is 137 Å². The molecule has 0 aromatic heterocycles. The van der Waals surface area contributed by atoms with Gasteiger partial charge in [0.2, 0.25) is 0 Å². The zero-order valence-corrected chi connectivity index (χ0v) is 14.3. The Morgan fingerprint density at radius 2 is 1.67 bits per heavy atom. The monoisotopic (exact) mass is 401 g/mol. The molecule has 1 N–H and O–H groups in total.